The van der Waals surface area contributed by atoms with E-state index in [1.807, 2.05) is 19.1 Å². The molecule has 0 amide bonds. The lowest BCUT2D eigenvalue weighted by Gasteiger charge is -2.08. The van der Waals surface area contributed by atoms with E-state index in [0.29, 0.717) is 11.5 Å². The van der Waals surface area contributed by atoms with Gasteiger partial charge >= 0.3 is 5.97 Å². The lowest BCUT2D eigenvalue weighted by Crippen LogP contribution is -2.09. The number of carboxylic acid groups (broad SMARTS) is 1. The van der Waals surface area contributed by atoms with Crippen LogP contribution in [0.1, 0.15) is 5.69 Å². The van der Waals surface area contributed by atoms with E-state index < -0.39 is 5.97 Å². The summed E-state index contributed by atoms with van der Waals surface area (Å²) in [7, 11) is 3.15. The van der Waals surface area contributed by atoms with Crippen molar-refractivity contribution in [3.05, 3.63) is 23.9 Å². The molecular weight excluding hydrogens is 234 g/mol. The van der Waals surface area contributed by atoms with Crippen LogP contribution in [0.2, 0.25) is 0 Å². The molecule has 0 saturated carbocycles. The van der Waals surface area contributed by atoms with E-state index in [1.165, 1.54) is 0 Å². The van der Waals surface area contributed by atoms with Crippen LogP contribution in [0.5, 0.6) is 11.5 Å². The first-order valence-electron chi connectivity index (χ1n) is 5.50. The molecule has 5 heteroatoms. The van der Waals surface area contributed by atoms with Crippen LogP contribution in [0.3, 0.4) is 0 Å². The molecule has 0 atom stereocenters. The number of methoxy groups -OCH3 is 2. The van der Waals surface area contributed by atoms with E-state index in [4.69, 9.17) is 14.6 Å². The summed E-state index contributed by atoms with van der Waals surface area (Å²) < 4.78 is 12.2. The molecule has 0 radical (unpaired) electrons. The number of benzene rings is 1. The van der Waals surface area contributed by atoms with E-state index >= 15 is 0 Å². The van der Waals surface area contributed by atoms with E-state index in [1.54, 1.807) is 24.9 Å². The molecule has 1 aromatic carbocycles. The van der Waals surface area contributed by atoms with Crippen molar-refractivity contribution in [1.29, 1.82) is 0 Å². The highest BCUT2D eigenvalue weighted by Gasteiger charge is 2.13. The smallest absolute Gasteiger partial charge is 0.323 e. The standard InChI is InChI=1S/C13H15NO4/c1-8-4-10-11(14(8)7-13(15)16)5-9(17-2)6-12(10)18-3/h4-6H,7H2,1-3H3,(H,15,16). The van der Waals surface area contributed by atoms with Crippen LogP contribution in [0.25, 0.3) is 10.9 Å². The number of rotatable bonds is 4. The van der Waals surface area contributed by atoms with E-state index in [-0.39, 0.29) is 6.54 Å². The summed E-state index contributed by atoms with van der Waals surface area (Å²) >= 11 is 0. The average Bonchev–Trinajstić information content (AvgIpc) is 2.64. The zero-order chi connectivity index (χ0) is 13.3. The second-order valence-corrected chi connectivity index (χ2v) is 4.03. The first-order chi connectivity index (χ1) is 8.56. The Morgan fingerprint density at radius 3 is 2.56 bits per heavy atom. The first-order valence-corrected chi connectivity index (χ1v) is 5.50. The molecule has 0 spiro atoms. The molecule has 18 heavy (non-hydrogen) atoms. The van der Waals surface area contributed by atoms with E-state index in [9.17, 15) is 4.79 Å². The number of fused-ring (bicyclic) bond motifs is 1. The third-order valence-electron chi connectivity index (χ3n) is 2.91. The number of aliphatic carboxylic acids is 1. The quantitative estimate of drug-likeness (QED) is 0.900. The van der Waals surface area contributed by atoms with Crippen molar-refractivity contribution in [2.24, 2.45) is 0 Å². The lowest BCUT2D eigenvalue weighted by molar-refractivity contribution is -0.137. The Labute approximate surface area is 105 Å². The van der Waals surface area contributed by atoms with Gasteiger partial charge in [0, 0.05) is 23.2 Å². The molecule has 0 bridgehead atoms. The molecule has 96 valence electrons. The number of carboxylic acids is 1. The molecule has 1 N–H and O–H groups in total. The van der Waals surface area contributed by atoms with Gasteiger partial charge in [-0.05, 0) is 13.0 Å². The fourth-order valence-corrected chi connectivity index (χ4v) is 2.06. The van der Waals surface area contributed by atoms with Crippen molar-refractivity contribution >= 4 is 16.9 Å². The van der Waals surface area contributed by atoms with Crippen LogP contribution in [-0.2, 0) is 11.3 Å². The monoisotopic (exact) mass is 249 g/mol. The summed E-state index contributed by atoms with van der Waals surface area (Å²) in [6.07, 6.45) is 0. The van der Waals surface area contributed by atoms with Gasteiger partial charge in [0.15, 0.2) is 0 Å². The molecule has 0 aliphatic carbocycles. The van der Waals surface area contributed by atoms with Gasteiger partial charge in [-0.15, -0.1) is 0 Å². The van der Waals surface area contributed by atoms with Crippen molar-refractivity contribution in [1.82, 2.24) is 4.57 Å². The summed E-state index contributed by atoms with van der Waals surface area (Å²) in [4.78, 5) is 10.9. The molecule has 5 nitrogen and oxygen atoms in total. The number of ether oxygens (including phenoxy) is 2. The van der Waals surface area contributed by atoms with Gasteiger partial charge in [-0.2, -0.15) is 0 Å². The van der Waals surface area contributed by atoms with E-state index in [0.717, 1.165) is 16.6 Å². The van der Waals surface area contributed by atoms with Crippen LogP contribution >= 0.6 is 0 Å². The van der Waals surface area contributed by atoms with Crippen LogP contribution in [0.4, 0.5) is 0 Å². The predicted molar refractivity (Wildman–Crippen MR) is 67.4 cm³/mol. The zero-order valence-corrected chi connectivity index (χ0v) is 10.6. The van der Waals surface area contributed by atoms with Gasteiger partial charge < -0.3 is 19.1 Å². The van der Waals surface area contributed by atoms with Gasteiger partial charge in [0.2, 0.25) is 0 Å². The van der Waals surface area contributed by atoms with Crippen molar-refractivity contribution in [3.8, 4) is 11.5 Å². The normalized spacial score (nSPS) is 10.6. The fourth-order valence-electron chi connectivity index (χ4n) is 2.06. The van der Waals surface area contributed by atoms with Crippen molar-refractivity contribution < 1.29 is 19.4 Å². The van der Waals surface area contributed by atoms with Gasteiger partial charge in [0.25, 0.3) is 0 Å². The Morgan fingerprint density at radius 2 is 2.00 bits per heavy atom. The molecule has 0 aliphatic heterocycles. The molecule has 2 rings (SSSR count). The van der Waals surface area contributed by atoms with Crippen molar-refractivity contribution in [2.75, 3.05) is 14.2 Å². The van der Waals surface area contributed by atoms with Gasteiger partial charge in [-0.25, -0.2) is 0 Å². The van der Waals surface area contributed by atoms with Crippen LogP contribution in [-0.4, -0.2) is 29.9 Å². The molecule has 0 unspecified atom stereocenters. The molecule has 0 aliphatic rings. The number of nitrogens with zero attached hydrogens (tertiary/aromatic N) is 1. The second-order valence-electron chi connectivity index (χ2n) is 4.03. The molecule has 0 fully saturated rings. The molecule has 1 aromatic heterocycles. The minimum absolute atomic E-state index is 0.0777. The maximum absolute atomic E-state index is 10.9. The summed E-state index contributed by atoms with van der Waals surface area (Å²) in [5.74, 6) is 0.443. The highest BCUT2D eigenvalue weighted by atomic mass is 16.5. The number of hydrogen-bond acceptors (Lipinski definition) is 3. The Kier molecular flexibility index (Phi) is 3.14. The molecule has 2 aromatic rings. The molecular formula is C13H15NO4. The first kappa shape index (κ1) is 12.3. The summed E-state index contributed by atoms with van der Waals surface area (Å²) in [6, 6.07) is 5.51. The largest absolute Gasteiger partial charge is 0.497 e. The Morgan fingerprint density at radius 1 is 1.28 bits per heavy atom. The molecule has 0 saturated heterocycles. The predicted octanol–water partition coefficient (Wildman–Crippen LogP) is 2.05. The third-order valence-corrected chi connectivity index (χ3v) is 2.91. The summed E-state index contributed by atoms with van der Waals surface area (Å²) in [6.45, 7) is 1.79. The Bertz CT molecular complexity index is 601. The number of aryl methyl sites for hydroxylation is 1. The topological polar surface area (TPSA) is 60.7 Å². The number of hydrogen-bond donors (Lipinski definition) is 1. The highest BCUT2D eigenvalue weighted by Crippen LogP contribution is 2.33. The summed E-state index contributed by atoms with van der Waals surface area (Å²) in [5.41, 5.74) is 1.67. The van der Waals surface area contributed by atoms with Crippen LogP contribution in [0, 0.1) is 6.92 Å². The number of aromatic nitrogens is 1. The Balaban J connectivity index is 2.71. The van der Waals surface area contributed by atoms with Crippen LogP contribution in [0.15, 0.2) is 18.2 Å². The minimum Gasteiger partial charge on any atom is -0.497 e. The van der Waals surface area contributed by atoms with Gasteiger partial charge in [-0.1, -0.05) is 0 Å². The zero-order valence-electron chi connectivity index (χ0n) is 10.6. The lowest BCUT2D eigenvalue weighted by atomic mass is 10.2. The van der Waals surface area contributed by atoms with Crippen molar-refractivity contribution in [2.45, 2.75) is 13.5 Å². The van der Waals surface area contributed by atoms with Crippen LogP contribution < -0.4 is 9.47 Å². The minimum atomic E-state index is -0.877. The highest BCUT2D eigenvalue weighted by molar-refractivity contribution is 5.90. The average molecular weight is 249 g/mol. The van der Waals surface area contributed by atoms with Gasteiger partial charge in [0.05, 0.1) is 19.7 Å². The summed E-state index contributed by atoms with van der Waals surface area (Å²) in [5, 5.41) is 9.83. The fraction of sp³-hybridized carbons (Fsp3) is 0.308. The molecule has 1 heterocycles. The SMILES string of the molecule is COc1cc(OC)c2cc(C)n(CC(=O)O)c2c1. The number of carbonyl (C=O) groups is 1. The van der Waals surface area contributed by atoms with E-state index in [2.05, 4.69) is 0 Å². The van der Waals surface area contributed by atoms with Crippen molar-refractivity contribution in [3.63, 3.8) is 0 Å². The van der Waals surface area contributed by atoms with Gasteiger partial charge in [-0.3, -0.25) is 4.79 Å². The third kappa shape index (κ3) is 1.99. The maximum Gasteiger partial charge on any atom is 0.323 e. The van der Waals surface area contributed by atoms with Gasteiger partial charge in [0.1, 0.15) is 18.0 Å². The Hall–Kier alpha value is -2.17. The second kappa shape index (κ2) is 4.60. The maximum atomic E-state index is 10.9.